The maximum absolute atomic E-state index is 12.0. The number of rotatable bonds is 3. The van der Waals surface area contributed by atoms with E-state index >= 15 is 0 Å². The van der Waals surface area contributed by atoms with E-state index in [1.807, 2.05) is 0 Å². The highest BCUT2D eigenvalue weighted by molar-refractivity contribution is 5.00. The lowest BCUT2D eigenvalue weighted by atomic mass is 10.1. The van der Waals surface area contributed by atoms with Crippen LogP contribution in [0.3, 0.4) is 0 Å². The maximum atomic E-state index is 12.0. The van der Waals surface area contributed by atoms with E-state index < -0.39 is 18.7 Å². The van der Waals surface area contributed by atoms with Gasteiger partial charge in [0.1, 0.15) is 0 Å². The summed E-state index contributed by atoms with van der Waals surface area (Å²) in [4.78, 5) is 3.91. The fourth-order valence-corrected chi connectivity index (χ4v) is 2.00. The number of alkyl halides is 3. The van der Waals surface area contributed by atoms with Gasteiger partial charge in [0.05, 0.1) is 18.4 Å². The zero-order valence-electron chi connectivity index (χ0n) is 9.07. The van der Waals surface area contributed by atoms with E-state index in [1.165, 1.54) is 0 Å². The number of aliphatic hydroxyl groups is 1. The van der Waals surface area contributed by atoms with Crippen molar-refractivity contribution in [2.24, 2.45) is 0 Å². The third-order valence-electron chi connectivity index (χ3n) is 2.91. The predicted molar refractivity (Wildman–Crippen MR) is 51.3 cm³/mol. The van der Waals surface area contributed by atoms with Crippen LogP contribution < -0.4 is 0 Å². The van der Waals surface area contributed by atoms with Gasteiger partial charge in [-0.3, -0.25) is 0 Å². The quantitative estimate of drug-likeness (QED) is 0.893. The van der Waals surface area contributed by atoms with Crippen LogP contribution in [0.2, 0.25) is 0 Å². The van der Waals surface area contributed by atoms with Gasteiger partial charge in [0.15, 0.2) is 5.82 Å². The van der Waals surface area contributed by atoms with Crippen LogP contribution in [-0.2, 0) is 6.42 Å². The van der Waals surface area contributed by atoms with Crippen LogP contribution in [0.25, 0.3) is 0 Å². The Labute approximate surface area is 95.8 Å². The molecule has 0 saturated heterocycles. The van der Waals surface area contributed by atoms with Gasteiger partial charge < -0.3 is 9.63 Å². The molecule has 0 bridgehead atoms. The molecule has 1 aliphatic rings. The monoisotopic (exact) mass is 250 g/mol. The van der Waals surface area contributed by atoms with Gasteiger partial charge in [-0.15, -0.1) is 0 Å². The smallest absolute Gasteiger partial charge is 0.389 e. The van der Waals surface area contributed by atoms with Crippen molar-refractivity contribution in [3.63, 3.8) is 0 Å². The van der Waals surface area contributed by atoms with E-state index in [-0.39, 0.29) is 24.1 Å². The Kier molecular flexibility index (Phi) is 3.37. The van der Waals surface area contributed by atoms with E-state index in [4.69, 9.17) is 4.52 Å². The first kappa shape index (κ1) is 12.3. The predicted octanol–water partition coefficient (Wildman–Crippen LogP) is 2.19. The van der Waals surface area contributed by atoms with Crippen molar-refractivity contribution >= 4 is 0 Å². The molecule has 0 radical (unpaired) electrons. The van der Waals surface area contributed by atoms with Crippen LogP contribution in [-0.4, -0.2) is 27.5 Å². The van der Waals surface area contributed by atoms with Crippen molar-refractivity contribution in [3.8, 4) is 0 Å². The number of halogens is 3. The molecule has 1 aromatic heterocycles. The minimum absolute atomic E-state index is 0.0522. The molecule has 7 heteroatoms. The van der Waals surface area contributed by atoms with Crippen molar-refractivity contribution in [2.45, 2.75) is 50.3 Å². The highest BCUT2D eigenvalue weighted by Gasteiger charge is 2.32. The molecule has 1 aliphatic carbocycles. The van der Waals surface area contributed by atoms with Crippen LogP contribution in [0.15, 0.2) is 4.52 Å². The molecule has 2 rings (SSSR count). The number of aromatic nitrogens is 2. The molecule has 0 aliphatic heterocycles. The zero-order chi connectivity index (χ0) is 12.5. The normalized spacial score (nSPS) is 25.4. The lowest BCUT2D eigenvalue weighted by molar-refractivity contribution is -0.134. The molecule has 0 aromatic carbocycles. The summed E-state index contributed by atoms with van der Waals surface area (Å²) >= 11 is 0. The molecule has 0 spiro atoms. The van der Waals surface area contributed by atoms with Gasteiger partial charge in [-0.1, -0.05) is 5.16 Å². The highest BCUT2D eigenvalue weighted by atomic mass is 19.4. The van der Waals surface area contributed by atoms with Crippen LogP contribution in [0.5, 0.6) is 0 Å². The second kappa shape index (κ2) is 4.64. The first-order chi connectivity index (χ1) is 7.96. The molecular formula is C10H13F3N2O2. The highest BCUT2D eigenvalue weighted by Crippen LogP contribution is 2.33. The van der Waals surface area contributed by atoms with Gasteiger partial charge >= 0.3 is 6.18 Å². The molecule has 1 saturated carbocycles. The topological polar surface area (TPSA) is 59.2 Å². The lowest BCUT2D eigenvalue weighted by Crippen LogP contribution is -2.12. The summed E-state index contributed by atoms with van der Waals surface area (Å²) < 4.78 is 40.9. The SMILES string of the molecule is OC1CCCC1c1nc(CCC(F)(F)F)no1. The lowest BCUT2D eigenvalue weighted by Gasteiger charge is -2.07. The molecule has 17 heavy (non-hydrogen) atoms. The van der Waals surface area contributed by atoms with E-state index in [1.54, 1.807) is 0 Å². The summed E-state index contributed by atoms with van der Waals surface area (Å²) in [7, 11) is 0. The van der Waals surface area contributed by atoms with E-state index in [2.05, 4.69) is 10.1 Å². The van der Waals surface area contributed by atoms with E-state index in [9.17, 15) is 18.3 Å². The fourth-order valence-electron chi connectivity index (χ4n) is 2.00. The fraction of sp³-hybridized carbons (Fsp3) is 0.800. The number of hydrogen-bond acceptors (Lipinski definition) is 4. The second-order valence-electron chi connectivity index (χ2n) is 4.27. The largest absolute Gasteiger partial charge is 0.392 e. The molecule has 2 unspecified atom stereocenters. The number of aryl methyl sites for hydroxylation is 1. The van der Waals surface area contributed by atoms with Gasteiger partial charge in [0, 0.05) is 6.42 Å². The molecule has 1 fully saturated rings. The minimum Gasteiger partial charge on any atom is -0.392 e. The standard InChI is InChI=1S/C10H13F3N2O2/c11-10(12,13)5-4-8-14-9(17-15-8)6-2-1-3-7(6)16/h6-7,16H,1-5H2. The third kappa shape index (κ3) is 3.18. The molecule has 1 N–H and O–H groups in total. The molecule has 0 amide bonds. The van der Waals surface area contributed by atoms with Crippen LogP contribution in [0.4, 0.5) is 13.2 Å². The first-order valence-corrected chi connectivity index (χ1v) is 5.53. The van der Waals surface area contributed by atoms with Crippen molar-refractivity contribution in [1.29, 1.82) is 0 Å². The van der Waals surface area contributed by atoms with E-state index in [0.29, 0.717) is 6.42 Å². The zero-order valence-corrected chi connectivity index (χ0v) is 9.07. The second-order valence-corrected chi connectivity index (χ2v) is 4.27. The Morgan fingerprint density at radius 1 is 1.35 bits per heavy atom. The maximum Gasteiger partial charge on any atom is 0.389 e. The average Bonchev–Trinajstić information content (AvgIpc) is 2.81. The molecule has 1 heterocycles. The summed E-state index contributed by atoms with van der Waals surface area (Å²) in [5.74, 6) is 0.0886. The Morgan fingerprint density at radius 2 is 2.12 bits per heavy atom. The van der Waals surface area contributed by atoms with Gasteiger partial charge in [-0.05, 0) is 19.3 Å². The molecular weight excluding hydrogens is 237 g/mol. The summed E-state index contributed by atoms with van der Waals surface area (Å²) in [6.07, 6.45) is -3.70. The minimum atomic E-state index is -4.21. The molecule has 2 atom stereocenters. The number of aliphatic hydroxyl groups excluding tert-OH is 1. The van der Waals surface area contributed by atoms with Crippen molar-refractivity contribution in [2.75, 3.05) is 0 Å². The Morgan fingerprint density at radius 3 is 2.71 bits per heavy atom. The van der Waals surface area contributed by atoms with Crippen molar-refractivity contribution in [1.82, 2.24) is 10.1 Å². The van der Waals surface area contributed by atoms with E-state index in [0.717, 1.165) is 12.8 Å². The molecule has 1 aromatic rings. The van der Waals surface area contributed by atoms with Crippen LogP contribution in [0, 0.1) is 0 Å². The number of nitrogens with zero attached hydrogens (tertiary/aromatic N) is 2. The number of hydrogen-bond donors (Lipinski definition) is 1. The summed E-state index contributed by atoms with van der Waals surface area (Å²) in [5, 5.41) is 13.1. The average molecular weight is 250 g/mol. The van der Waals surface area contributed by atoms with Crippen LogP contribution >= 0.6 is 0 Å². The Hall–Kier alpha value is -1.11. The first-order valence-electron chi connectivity index (χ1n) is 5.53. The third-order valence-corrected chi connectivity index (χ3v) is 2.91. The Bertz CT molecular complexity index is 378. The Balaban J connectivity index is 1.96. The molecule has 96 valence electrons. The van der Waals surface area contributed by atoms with Crippen molar-refractivity contribution in [3.05, 3.63) is 11.7 Å². The van der Waals surface area contributed by atoms with Gasteiger partial charge in [-0.25, -0.2) is 0 Å². The molecule has 4 nitrogen and oxygen atoms in total. The summed E-state index contributed by atoms with van der Waals surface area (Å²) in [6, 6.07) is 0. The van der Waals surface area contributed by atoms with Gasteiger partial charge in [0.2, 0.25) is 5.89 Å². The van der Waals surface area contributed by atoms with Crippen molar-refractivity contribution < 1.29 is 22.8 Å². The van der Waals surface area contributed by atoms with Gasteiger partial charge in [-0.2, -0.15) is 18.2 Å². The summed E-state index contributed by atoms with van der Waals surface area (Å²) in [6.45, 7) is 0. The van der Waals surface area contributed by atoms with Crippen LogP contribution in [0.1, 0.15) is 43.3 Å². The summed E-state index contributed by atoms with van der Waals surface area (Å²) in [5.41, 5.74) is 0. The van der Waals surface area contributed by atoms with Gasteiger partial charge in [0.25, 0.3) is 0 Å².